The van der Waals surface area contributed by atoms with Crippen molar-refractivity contribution in [1.29, 1.82) is 0 Å². The van der Waals surface area contributed by atoms with E-state index in [1.807, 2.05) is 0 Å². The molecular weight excluding hydrogens is 216 g/mol. The molecule has 4 nitrogen and oxygen atoms in total. The molecule has 0 spiro atoms. The summed E-state index contributed by atoms with van der Waals surface area (Å²) < 4.78 is 11.5. The first-order valence-electron chi connectivity index (χ1n) is 6.78. The maximum Gasteiger partial charge on any atom is 0.0678 e. The molecule has 0 saturated carbocycles. The normalized spacial score (nSPS) is 44.8. The number of morpholine rings is 1. The Morgan fingerprint density at radius 3 is 2.35 bits per heavy atom. The number of hydrogen-bond acceptors (Lipinski definition) is 4. The summed E-state index contributed by atoms with van der Waals surface area (Å²) in [5.74, 6) is 0. The van der Waals surface area contributed by atoms with Gasteiger partial charge >= 0.3 is 0 Å². The summed E-state index contributed by atoms with van der Waals surface area (Å²) in [6.45, 7) is 9.99. The highest BCUT2D eigenvalue weighted by atomic mass is 16.5. The molecule has 0 aliphatic carbocycles. The zero-order valence-electron chi connectivity index (χ0n) is 11.3. The lowest BCUT2D eigenvalue weighted by atomic mass is 9.84. The van der Waals surface area contributed by atoms with Crippen LogP contribution in [0.2, 0.25) is 0 Å². The predicted octanol–water partition coefficient (Wildman–Crippen LogP) is 0.992. The first kappa shape index (κ1) is 13.3. The molecule has 2 aliphatic heterocycles. The van der Waals surface area contributed by atoms with Crippen LogP contribution in [0.5, 0.6) is 0 Å². The Labute approximate surface area is 104 Å². The lowest BCUT2D eigenvalue weighted by Gasteiger charge is -2.51. The van der Waals surface area contributed by atoms with Crippen LogP contribution >= 0.6 is 0 Å². The van der Waals surface area contributed by atoms with Crippen molar-refractivity contribution < 1.29 is 9.47 Å². The molecule has 17 heavy (non-hydrogen) atoms. The maximum absolute atomic E-state index is 6.08. The quantitative estimate of drug-likeness (QED) is 0.784. The maximum atomic E-state index is 6.08. The van der Waals surface area contributed by atoms with E-state index in [0.717, 1.165) is 39.1 Å². The average molecular weight is 242 g/mol. The third-order valence-electron chi connectivity index (χ3n) is 4.11. The highest BCUT2D eigenvalue weighted by Gasteiger charge is 2.42. The fraction of sp³-hybridized carbons (Fsp3) is 1.00. The SMILES string of the molecule is CC1CC(CN)(N2CC(C)OC(C)C2)CCO1. The van der Waals surface area contributed by atoms with E-state index < -0.39 is 0 Å². The van der Waals surface area contributed by atoms with Gasteiger partial charge in [-0.1, -0.05) is 0 Å². The Hall–Kier alpha value is -0.160. The minimum absolute atomic E-state index is 0.129. The molecule has 4 heteroatoms. The smallest absolute Gasteiger partial charge is 0.0678 e. The van der Waals surface area contributed by atoms with E-state index in [-0.39, 0.29) is 5.54 Å². The summed E-state index contributed by atoms with van der Waals surface area (Å²) >= 11 is 0. The molecule has 4 unspecified atom stereocenters. The van der Waals surface area contributed by atoms with Gasteiger partial charge in [0.1, 0.15) is 0 Å². The molecule has 2 saturated heterocycles. The molecular formula is C13H26N2O2. The highest BCUT2D eigenvalue weighted by molar-refractivity contribution is 4.97. The fourth-order valence-corrected chi connectivity index (χ4v) is 3.31. The first-order chi connectivity index (χ1) is 8.05. The van der Waals surface area contributed by atoms with Gasteiger partial charge in [-0.25, -0.2) is 0 Å². The summed E-state index contributed by atoms with van der Waals surface area (Å²) in [7, 11) is 0. The summed E-state index contributed by atoms with van der Waals surface area (Å²) in [4.78, 5) is 2.55. The van der Waals surface area contributed by atoms with Crippen LogP contribution in [0.25, 0.3) is 0 Å². The average Bonchev–Trinajstić information content (AvgIpc) is 2.27. The van der Waals surface area contributed by atoms with Gasteiger partial charge in [-0.3, -0.25) is 4.90 Å². The molecule has 2 aliphatic rings. The number of nitrogens with two attached hydrogens (primary N) is 1. The second kappa shape index (κ2) is 5.22. The van der Waals surface area contributed by atoms with E-state index in [1.54, 1.807) is 0 Å². The van der Waals surface area contributed by atoms with Gasteiger partial charge in [-0.05, 0) is 33.6 Å². The Kier molecular flexibility index (Phi) is 4.08. The molecule has 0 aromatic heterocycles. The zero-order valence-corrected chi connectivity index (χ0v) is 11.3. The molecule has 0 aromatic carbocycles. The van der Waals surface area contributed by atoms with Crippen LogP contribution in [0.4, 0.5) is 0 Å². The first-order valence-corrected chi connectivity index (χ1v) is 6.78. The van der Waals surface area contributed by atoms with E-state index in [9.17, 15) is 0 Å². The van der Waals surface area contributed by atoms with E-state index in [0.29, 0.717) is 18.3 Å². The fourth-order valence-electron chi connectivity index (χ4n) is 3.31. The van der Waals surface area contributed by atoms with Gasteiger partial charge in [0.15, 0.2) is 0 Å². The van der Waals surface area contributed by atoms with Crippen molar-refractivity contribution in [2.24, 2.45) is 5.73 Å². The Morgan fingerprint density at radius 1 is 1.18 bits per heavy atom. The van der Waals surface area contributed by atoms with Gasteiger partial charge in [0, 0.05) is 31.8 Å². The standard InChI is InChI=1S/C13H26N2O2/c1-10-6-13(9-14,4-5-16-10)15-7-11(2)17-12(3)8-15/h10-12H,4-9,14H2,1-3H3. The number of nitrogens with zero attached hydrogens (tertiary/aromatic N) is 1. The van der Waals surface area contributed by atoms with E-state index in [1.165, 1.54) is 0 Å². The monoisotopic (exact) mass is 242 g/mol. The molecule has 0 radical (unpaired) electrons. The molecule has 2 fully saturated rings. The van der Waals surface area contributed by atoms with Crippen LogP contribution in [-0.4, -0.2) is 55.0 Å². The second-order valence-electron chi connectivity index (χ2n) is 5.73. The van der Waals surface area contributed by atoms with Gasteiger partial charge in [-0.2, -0.15) is 0 Å². The summed E-state index contributed by atoms with van der Waals surface area (Å²) in [6, 6.07) is 0. The van der Waals surface area contributed by atoms with Gasteiger partial charge in [0.25, 0.3) is 0 Å². The molecule has 2 N–H and O–H groups in total. The van der Waals surface area contributed by atoms with Gasteiger partial charge < -0.3 is 15.2 Å². The van der Waals surface area contributed by atoms with Crippen LogP contribution in [-0.2, 0) is 9.47 Å². The van der Waals surface area contributed by atoms with Crippen molar-refractivity contribution in [3.05, 3.63) is 0 Å². The van der Waals surface area contributed by atoms with Crippen molar-refractivity contribution in [1.82, 2.24) is 4.90 Å². The van der Waals surface area contributed by atoms with Crippen LogP contribution < -0.4 is 5.73 Å². The van der Waals surface area contributed by atoms with Crippen LogP contribution in [0.15, 0.2) is 0 Å². The Morgan fingerprint density at radius 2 is 1.82 bits per heavy atom. The van der Waals surface area contributed by atoms with Crippen molar-refractivity contribution in [3.63, 3.8) is 0 Å². The zero-order chi connectivity index (χ0) is 12.5. The lowest BCUT2D eigenvalue weighted by molar-refractivity contribution is -0.132. The minimum Gasteiger partial charge on any atom is -0.378 e. The molecule has 0 amide bonds. The molecule has 4 atom stereocenters. The van der Waals surface area contributed by atoms with Crippen molar-refractivity contribution in [2.75, 3.05) is 26.2 Å². The van der Waals surface area contributed by atoms with Crippen LogP contribution in [0.3, 0.4) is 0 Å². The summed E-state index contributed by atoms with van der Waals surface area (Å²) in [5, 5.41) is 0. The minimum atomic E-state index is 0.129. The number of rotatable bonds is 2. The highest BCUT2D eigenvalue weighted by Crippen LogP contribution is 2.32. The van der Waals surface area contributed by atoms with Crippen molar-refractivity contribution in [2.45, 2.75) is 57.5 Å². The van der Waals surface area contributed by atoms with Gasteiger partial charge in [0.2, 0.25) is 0 Å². The van der Waals surface area contributed by atoms with Crippen molar-refractivity contribution in [3.8, 4) is 0 Å². The largest absolute Gasteiger partial charge is 0.378 e. The van der Waals surface area contributed by atoms with Crippen molar-refractivity contribution >= 4 is 0 Å². The number of ether oxygens (including phenoxy) is 2. The Bertz CT molecular complexity index is 252. The lowest BCUT2D eigenvalue weighted by Crippen LogP contribution is -2.63. The molecule has 100 valence electrons. The molecule has 0 aromatic rings. The third kappa shape index (κ3) is 2.81. The van der Waals surface area contributed by atoms with E-state index in [2.05, 4.69) is 25.7 Å². The molecule has 0 bridgehead atoms. The Balaban J connectivity index is 2.10. The van der Waals surface area contributed by atoms with Gasteiger partial charge in [0.05, 0.1) is 18.3 Å². The molecule has 2 rings (SSSR count). The van der Waals surface area contributed by atoms with E-state index >= 15 is 0 Å². The van der Waals surface area contributed by atoms with Gasteiger partial charge in [-0.15, -0.1) is 0 Å². The molecule has 2 heterocycles. The van der Waals surface area contributed by atoms with Crippen LogP contribution in [0.1, 0.15) is 33.6 Å². The summed E-state index contributed by atoms with van der Waals surface area (Å²) in [6.07, 6.45) is 3.03. The summed E-state index contributed by atoms with van der Waals surface area (Å²) in [5.41, 5.74) is 6.21. The number of hydrogen-bond donors (Lipinski definition) is 1. The predicted molar refractivity (Wildman–Crippen MR) is 68.0 cm³/mol. The topological polar surface area (TPSA) is 47.7 Å². The van der Waals surface area contributed by atoms with E-state index in [4.69, 9.17) is 15.2 Å². The second-order valence-corrected chi connectivity index (χ2v) is 5.73. The van der Waals surface area contributed by atoms with Crippen LogP contribution in [0, 0.1) is 0 Å². The third-order valence-corrected chi connectivity index (χ3v) is 4.11.